The van der Waals surface area contributed by atoms with Gasteiger partial charge in [-0.25, -0.2) is 0 Å². The Morgan fingerprint density at radius 1 is 1.11 bits per heavy atom. The predicted molar refractivity (Wildman–Crippen MR) is 76.4 cm³/mol. The second-order valence-electron chi connectivity index (χ2n) is 4.82. The first-order chi connectivity index (χ1) is 8.45. The molecule has 0 aliphatic rings. The summed E-state index contributed by atoms with van der Waals surface area (Å²) in [7, 11) is 0. The topological polar surface area (TPSA) is 40.5 Å². The summed E-state index contributed by atoms with van der Waals surface area (Å²) < 4.78 is 0. The number of hydrogen-bond donors (Lipinski definition) is 2. The molecule has 2 nitrogen and oxygen atoms in total. The molecule has 0 amide bonds. The first-order valence-electron chi connectivity index (χ1n) is 6.31. The third-order valence-corrected chi connectivity index (χ3v) is 3.71. The van der Waals surface area contributed by atoms with Crippen LogP contribution in [0, 0.1) is 5.92 Å². The number of halogens is 2. The minimum absolute atomic E-state index is 0.131. The number of aliphatic hydroxyl groups is 1. The van der Waals surface area contributed by atoms with Crippen molar-refractivity contribution < 1.29 is 10.2 Å². The van der Waals surface area contributed by atoms with Gasteiger partial charge in [-0.2, -0.15) is 0 Å². The molecule has 0 fully saturated rings. The zero-order chi connectivity index (χ0) is 13.7. The van der Waals surface area contributed by atoms with Gasteiger partial charge in [0.15, 0.2) is 5.75 Å². The van der Waals surface area contributed by atoms with Crippen LogP contribution in [0.15, 0.2) is 12.1 Å². The third kappa shape index (κ3) is 4.34. The molecule has 2 N–H and O–H groups in total. The van der Waals surface area contributed by atoms with E-state index in [-0.39, 0.29) is 15.8 Å². The molecular formula is C14H20Cl2O2. The third-order valence-electron chi connectivity index (χ3n) is 3.14. The first-order valence-corrected chi connectivity index (χ1v) is 7.07. The van der Waals surface area contributed by atoms with Crippen molar-refractivity contribution in [2.45, 2.75) is 45.6 Å². The van der Waals surface area contributed by atoms with Crippen LogP contribution in [0.1, 0.15) is 51.2 Å². The molecule has 0 aliphatic carbocycles. The molecule has 0 saturated heterocycles. The zero-order valence-electron chi connectivity index (χ0n) is 10.8. The van der Waals surface area contributed by atoms with E-state index in [1.807, 2.05) is 0 Å². The van der Waals surface area contributed by atoms with Gasteiger partial charge in [0.05, 0.1) is 16.1 Å². The van der Waals surface area contributed by atoms with E-state index >= 15 is 0 Å². The molecule has 1 aromatic carbocycles. The predicted octanol–water partition coefficient (Wildman–Crippen LogP) is 4.95. The molecule has 0 saturated carbocycles. The summed E-state index contributed by atoms with van der Waals surface area (Å²) in [6.45, 7) is 4.35. The number of aliphatic hydroxyl groups excluding tert-OH is 1. The summed E-state index contributed by atoms with van der Waals surface area (Å²) >= 11 is 11.7. The summed E-state index contributed by atoms with van der Waals surface area (Å²) in [4.78, 5) is 0. The minimum atomic E-state index is -0.583. The number of phenols is 1. The number of aromatic hydroxyl groups is 1. The standard InChI is InChI=1S/C14H20Cl2O2/c1-3-4-9(2)5-6-13(17)10-7-11(15)14(18)12(16)8-10/h7-9,13,17-18H,3-6H2,1-2H3. The fourth-order valence-electron chi connectivity index (χ4n) is 2.02. The Balaban J connectivity index is 2.64. The Morgan fingerprint density at radius 2 is 1.67 bits per heavy atom. The Morgan fingerprint density at radius 3 is 2.17 bits per heavy atom. The van der Waals surface area contributed by atoms with Crippen molar-refractivity contribution in [3.05, 3.63) is 27.7 Å². The molecule has 0 spiro atoms. The smallest absolute Gasteiger partial charge is 0.152 e. The van der Waals surface area contributed by atoms with Crippen LogP contribution < -0.4 is 0 Å². The van der Waals surface area contributed by atoms with Crippen molar-refractivity contribution in [2.75, 3.05) is 0 Å². The number of phenolic OH excluding ortho intramolecular Hbond substituents is 1. The van der Waals surface area contributed by atoms with Crippen LogP contribution in [-0.2, 0) is 0 Å². The Hall–Kier alpha value is -0.440. The van der Waals surface area contributed by atoms with Gasteiger partial charge >= 0.3 is 0 Å². The number of hydrogen-bond acceptors (Lipinski definition) is 2. The van der Waals surface area contributed by atoms with Gasteiger partial charge in [-0.05, 0) is 36.5 Å². The van der Waals surface area contributed by atoms with Crippen LogP contribution in [0.2, 0.25) is 10.0 Å². The molecule has 1 rings (SSSR count). The average Bonchev–Trinajstić information content (AvgIpc) is 2.32. The average molecular weight is 291 g/mol. The van der Waals surface area contributed by atoms with Crippen molar-refractivity contribution in [2.24, 2.45) is 5.92 Å². The summed E-state index contributed by atoms with van der Waals surface area (Å²) in [6, 6.07) is 3.13. The van der Waals surface area contributed by atoms with Crippen molar-refractivity contribution in [1.29, 1.82) is 0 Å². The van der Waals surface area contributed by atoms with E-state index in [1.165, 1.54) is 6.42 Å². The molecule has 4 heteroatoms. The lowest BCUT2D eigenvalue weighted by Gasteiger charge is -2.15. The summed E-state index contributed by atoms with van der Waals surface area (Å²) in [6.07, 6.45) is 3.39. The Bertz CT molecular complexity index is 370. The molecule has 0 aliphatic heterocycles. The van der Waals surface area contributed by atoms with Crippen LogP contribution in [0.25, 0.3) is 0 Å². The van der Waals surface area contributed by atoms with Gasteiger partial charge in [0, 0.05) is 0 Å². The summed E-state index contributed by atoms with van der Waals surface area (Å²) in [5.41, 5.74) is 0.659. The van der Waals surface area contributed by atoms with Crippen LogP contribution in [0.5, 0.6) is 5.75 Å². The molecule has 2 atom stereocenters. The minimum Gasteiger partial charge on any atom is -0.505 e. The van der Waals surface area contributed by atoms with Gasteiger partial charge in [0.1, 0.15) is 0 Å². The molecule has 0 aromatic heterocycles. The van der Waals surface area contributed by atoms with E-state index in [9.17, 15) is 10.2 Å². The van der Waals surface area contributed by atoms with E-state index in [4.69, 9.17) is 23.2 Å². The fraction of sp³-hybridized carbons (Fsp3) is 0.571. The highest BCUT2D eigenvalue weighted by atomic mass is 35.5. The zero-order valence-corrected chi connectivity index (χ0v) is 12.3. The summed E-state index contributed by atoms with van der Waals surface area (Å²) in [5.74, 6) is 0.473. The molecular weight excluding hydrogens is 271 g/mol. The molecule has 102 valence electrons. The van der Waals surface area contributed by atoms with Crippen molar-refractivity contribution >= 4 is 23.2 Å². The number of rotatable bonds is 6. The molecule has 0 radical (unpaired) electrons. The largest absolute Gasteiger partial charge is 0.505 e. The van der Waals surface area contributed by atoms with E-state index < -0.39 is 6.10 Å². The maximum absolute atomic E-state index is 10.1. The van der Waals surface area contributed by atoms with Crippen molar-refractivity contribution in [3.63, 3.8) is 0 Å². The van der Waals surface area contributed by atoms with Gasteiger partial charge in [0.2, 0.25) is 0 Å². The van der Waals surface area contributed by atoms with Gasteiger partial charge in [-0.3, -0.25) is 0 Å². The second kappa shape index (κ2) is 7.22. The molecule has 18 heavy (non-hydrogen) atoms. The van der Waals surface area contributed by atoms with Gasteiger partial charge in [-0.15, -0.1) is 0 Å². The lowest BCUT2D eigenvalue weighted by atomic mass is 9.96. The van der Waals surface area contributed by atoms with Crippen LogP contribution >= 0.6 is 23.2 Å². The van der Waals surface area contributed by atoms with Crippen LogP contribution in [0.4, 0.5) is 0 Å². The van der Waals surface area contributed by atoms with Gasteiger partial charge in [-0.1, -0.05) is 49.9 Å². The van der Waals surface area contributed by atoms with Crippen LogP contribution in [0.3, 0.4) is 0 Å². The lowest BCUT2D eigenvalue weighted by Crippen LogP contribution is -2.02. The summed E-state index contributed by atoms with van der Waals surface area (Å²) in [5, 5.41) is 19.9. The van der Waals surface area contributed by atoms with Crippen LogP contribution in [-0.4, -0.2) is 10.2 Å². The van der Waals surface area contributed by atoms with Gasteiger partial charge < -0.3 is 10.2 Å². The SMILES string of the molecule is CCCC(C)CCC(O)c1cc(Cl)c(O)c(Cl)c1. The maximum Gasteiger partial charge on any atom is 0.152 e. The highest BCUT2D eigenvalue weighted by Crippen LogP contribution is 2.35. The van der Waals surface area contributed by atoms with Crippen molar-refractivity contribution in [1.82, 2.24) is 0 Å². The monoisotopic (exact) mass is 290 g/mol. The van der Waals surface area contributed by atoms with E-state index in [1.54, 1.807) is 12.1 Å². The Labute approximate surface area is 119 Å². The van der Waals surface area contributed by atoms with Gasteiger partial charge in [0.25, 0.3) is 0 Å². The highest BCUT2D eigenvalue weighted by Gasteiger charge is 2.14. The first kappa shape index (κ1) is 15.6. The van der Waals surface area contributed by atoms with E-state index in [2.05, 4.69) is 13.8 Å². The quantitative estimate of drug-likeness (QED) is 0.778. The second-order valence-corrected chi connectivity index (χ2v) is 5.63. The Kier molecular flexibility index (Phi) is 6.27. The molecule has 1 aromatic rings. The number of benzene rings is 1. The lowest BCUT2D eigenvalue weighted by molar-refractivity contribution is 0.157. The van der Waals surface area contributed by atoms with Crippen molar-refractivity contribution in [3.8, 4) is 5.75 Å². The molecule has 2 unspecified atom stereocenters. The van der Waals surface area contributed by atoms with E-state index in [0.717, 1.165) is 12.8 Å². The highest BCUT2D eigenvalue weighted by molar-refractivity contribution is 6.37. The molecule has 0 bridgehead atoms. The fourth-order valence-corrected chi connectivity index (χ4v) is 2.53. The van der Waals surface area contributed by atoms with E-state index in [0.29, 0.717) is 17.9 Å². The molecule has 0 heterocycles. The maximum atomic E-state index is 10.1. The normalized spacial score (nSPS) is 14.5.